The molecule has 1 atom stereocenters. The minimum absolute atomic E-state index is 0.0187. The van der Waals surface area contributed by atoms with Gasteiger partial charge in [0, 0.05) is 37.0 Å². The Kier molecular flexibility index (Phi) is 9.82. The van der Waals surface area contributed by atoms with E-state index in [0.29, 0.717) is 18.1 Å². The van der Waals surface area contributed by atoms with E-state index in [1.54, 1.807) is 0 Å². The summed E-state index contributed by atoms with van der Waals surface area (Å²) in [6.45, 7) is 11.4. The van der Waals surface area contributed by atoms with Gasteiger partial charge < -0.3 is 4.74 Å². The van der Waals surface area contributed by atoms with Crippen molar-refractivity contribution in [2.24, 2.45) is 5.92 Å². The zero-order chi connectivity index (χ0) is 23.0. The maximum atomic E-state index is 13.3. The largest absolute Gasteiger partial charge is 0.466 e. The Morgan fingerprint density at radius 3 is 2.52 bits per heavy atom. The Labute approximate surface area is 193 Å². The third kappa shape index (κ3) is 8.45. The predicted molar refractivity (Wildman–Crippen MR) is 133 cm³/mol. The minimum Gasteiger partial charge on any atom is -0.466 e. The van der Waals surface area contributed by atoms with Crippen molar-refractivity contribution in [2.45, 2.75) is 84.5 Å². The summed E-state index contributed by atoms with van der Waals surface area (Å²) >= 11 is 6.22. The quantitative estimate of drug-likeness (QED) is 0.188. The second kappa shape index (κ2) is 11.9. The predicted octanol–water partition coefficient (Wildman–Crippen LogP) is 7.36. The van der Waals surface area contributed by atoms with E-state index >= 15 is 0 Å². The van der Waals surface area contributed by atoms with Gasteiger partial charge in [0.2, 0.25) is 5.91 Å². The highest BCUT2D eigenvalue weighted by Crippen LogP contribution is 2.26. The van der Waals surface area contributed by atoms with Gasteiger partial charge in [-0.25, -0.2) is 0 Å². The Hall–Kier alpha value is -1.59. The monoisotopic (exact) mass is 463 g/mol. The third-order valence-corrected chi connectivity index (χ3v) is 7.47. The topological polar surface area (TPSA) is 48.3 Å². The zero-order valence-electron chi connectivity index (χ0n) is 19.8. The van der Waals surface area contributed by atoms with Crippen molar-refractivity contribution < 1.29 is 14.3 Å². The number of esters is 1. The van der Waals surface area contributed by atoms with E-state index in [9.17, 15) is 9.59 Å². The van der Waals surface area contributed by atoms with Gasteiger partial charge in [0.1, 0.15) is 0 Å². The lowest BCUT2D eigenvalue weighted by molar-refractivity contribution is -0.144. The van der Waals surface area contributed by atoms with Crippen LogP contribution in [0.25, 0.3) is 10.9 Å². The van der Waals surface area contributed by atoms with Gasteiger partial charge in [0.05, 0.1) is 12.1 Å². The van der Waals surface area contributed by atoms with Crippen molar-refractivity contribution in [1.29, 1.82) is 0 Å². The smallest absolute Gasteiger partial charge is 0.306 e. The van der Waals surface area contributed by atoms with Gasteiger partial charge in [-0.15, -0.1) is 0 Å². The number of aromatic nitrogens is 1. The molecule has 4 nitrogen and oxygen atoms in total. The van der Waals surface area contributed by atoms with Crippen LogP contribution in [-0.4, -0.2) is 31.1 Å². The first-order chi connectivity index (χ1) is 14.6. The van der Waals surface area contributed by atoms with E-state index in [-0.39, 0.29) is 24.2 Å². The van der Waals surface area contributed by atoms with E-state index in [2.05, 4.69) is 32.6 Å². The number of unbranched alkanes of at least 4 members (excludes halogenated alkanes) is 3. The average Bonchev–Trinajstić information content (AvgIpc) is 3.01. The minimum atomic E-state index is -1.23. The molecular weight excluding hydrogens is 426 g/mol. The van der Waals surface area contributed by atoms with E-state index in [0.717, 1.165) is 41.9 Å². The van der Waals surface area contributed by atoms with Gasteiger partial charge in [-0.1, -0.05) is 70.4 Å². The highest BCUT2D eigenvalue weighted by atomic mass is 35.5. The average molecular weight is 464 g/mol. The molecule has 0 unspecified atom stereocenters. The van der Waals surface area contributed by atoms with E-state index in [1.807, 2.05) is 29.7 Å². The molecule has 1 aromatic heterocycles. The van der Waals surface area contributed by atoms with Crippen molar-refractivity contribution in [3.63, 3.8) is 0 Å². The summed E-state index contributed by atoms with van der Waals surface area (Å²) in [5.74, 6) is -0.264. The van der Waals surface area contributed by atoms with Crippen LogP contribution in [0.5, 0.6) is 0 Å². The molecule has 0 N–H and O–H groups in total. The highest BCUT2D eigenvalue weighted by molar-refractivity contribution is 6.76. The van der Waals surface area contributed by atoms with Gasteiger partial charge in [0.25, 0.3) is 0 Å². The second-order valence-corrected chi connectivity index (χ2v) is 16.0. The number of nitrogens with zero attached hydrogens (tertiary/aromatic N) is 1. The van der Waals surface area contributed by atoms with Crippen LogP contribution < -0.4 is 0 Å². The molecule has 172 valence electrons. The van der Waals surface area contributed by atoms with Crippen LogP contribution >= 0.6 is 11.6 Å². The number of benzene rings is 1. The summed E-state index contributed by atoms with van der Waals surface area (Å²) in [5, 5.41) is 1.65. The van der Waals surface area contributed by atoms with Crippen LogP contribution in [0.1, 0.15) is 62.9 Å². The fourth-order valence-electron chi connectivity index (χ4n) is 3.72. The maximum absolute atomic E-state index is 13.3. The van der Waals surface area contributed by atoms with Crippen molar-refractivity contribution in [3.05, 3.63) is 35.0 Å². The molecule has 1 aromatic carbocycles. The number of hydrogen-bond acceptors (Lipinski definition) is 3. The van der Waals surface area contributed by atoms with Crippen LogP contribution in [0, 0.1) is 5.92 Å². The molecule has 0 aliphatic rings. The molecular formula is C25H38ClNO3Si. The Morgan fingerprint density at radius 2 is 1.84 bits per heavy atom. The van der Waals surface area contributed by atoms with Gasteiger partial charge in [0.15, 0.2) is 0 Å². The van der Waals surface area contributed by atoms with Crippen molar-refractivity contribution in [2.75, 3.05) is 6.61 Å². The summed E-state index contributed by atoms with van der Waals surface area (Å²) < 4.78 is 7.23. The number of fused-ring (bicyclic) bond motifs is 1. The van der Waals surface area contributed by atoms with Crippen LogP contribution in [0.2, 0.25) is 30.7 Å². The molecule has 0 saturated heterocycles. The molecule has 0 saturated carbocycles. The summed E-state index contributed by atoms with van der Waals surface area (Å²) in [6.07, 6.45) is 6.05. The van der Waals surface area contributed by atoms with Crippen LogP contribution in [0.4, 0.5) is 0 Å². The first-order valence-corrected chi connectivity index (χ1v) is 15.7. The molecule has 0 spiro atoms. The molecule has 0 bridgehead atoms. The lowest BCUT2D eigenvalue weighted by Gasteiger charge is -2.16. The van der Waals surface area contributed by atoms with Gasteiger partial charge in [-0.3, -0.25) is 14.2 Å². The number of halogens is 1. The van der Waals surface area contributed by atoms with Gasteiger partial charge in [-0.05, 0) is 43.0 Å². The Morgan fingerprint density at radius 1 is 1.10 bits per heavy atom. The molecule has 0 radical (unpaired) electrons. The fraction of sp³-hybridized carbons (Fsp3) is 0.600. The van der Waals surface area contributed by atoms with Crippen LogP contribution in [0.15, 0.2) is 24.3 Å². The molecule has 0 aliphatic heterocycles. The number of ether oxygens (including phenoxy) is 1. The standard InChI is InChI=1S/C25H38ClNO3Si/c1-6-7-8-9-10-22-17-20-11-12-21(26)18-23(20)27(22)24(28)15-19(2)16-25(29)30-13-14-31(3,4)5/h11-12,17-19H,6-10,13-16H2,1-5H3/t19-/m0/s1. The van der Waals surface area contributed by atoms with Gasteiger partial charge >= 0.3 is 5.97 Å². The second-order valence-electron chi connectivity index (χ2n) is 9.92. The van der Waals surface area contributed by atoms with E-state index in [4.69, 9.17) is 16.3 Å². The number of aryl methyl sites for hydroxylation is 1. The number of hydrogen-bond donors (Lipinski definition) is 0. The highest BCUT2D eigenvalue weighted by Gasteiger charge is 2.20. The normalized spacial score (nSPS) is 12.8. The molecule has 0 fully saturated rings. The van der Waals surface area contributed by atoms with Crippen molar-refractivity contribution in [1.82, 2.24) is 4.57 Å². The van der Waals surface area contributed by atoms with E-state index in [1.165, 1.54) is 12.8 Å². The van der Waals surface area contributed by atoms with E-state index < -0.39 is 8.07 Å². The number of carbonyl (C=O) groups excluding carboxylic acids is 2. The number of carbonyl (C=O) groups is 2. The molecule has 2 rings (SSSR count). The first-order valence-electron chi connectivity index (χ1n) is 11.6. The number of rotatable bonds is 12. The van der Waals surface area contributed by atoms with Crippen molar-refractivity contribution >= 4 is 42.5 Å². The maximum Gasteiger partial charge on any atom is 0.306 e. The van der Waals surface area contributed by atoms with Crippen LogP contribution in [-0.2, 0) is 16.0 Å². The Bertz CT molecular complexity index is 885. The molecule has 0 aliphatic carbocycles. The van der Waals surface area contributed by atoms with Gasteiger partial charge in [-0.2, -0.15) is 0 Å². The Balaban J connectivity index is 2.05. The molecule has 0 amide bonds. The molecule has 6 heteroatoms. The SMILES string of the molecule is CCCCCCc1cc2ccc(Cl)cc2n1C(=O)C[C@H](C)CC(=O)OCC[Si](C)(C)C. The first kappa shape index (κ1) is 25.7. The summed E-state index contributed by atoms with van der Waals surface area (Å²) in [6, 6.07) is 8.75. The molecule has 1 heterocycles. The molecule has 31 heavy (non-hydrogen) atoms. The summed E-state index contributed by atoms with van der Waals surface area (Å²) in [4.78, 5) is 25.4. The summed E-state index contributed by atoms with van der Waals surface area (Å²) in [7, 11) is -1.23. The fourth-order valence-corrected chi connectivity index (χ4v) is 4.60. The zero-order valence-corrected chi connectivity index (χ0v) is 21.6. The van der Waals surface area contributed by atoms with Crippen LogP contribution in [0.3, 0.4) is 0 Å². The lowest BCUT2D eigenvalue weighted by atomic mass is 10.0. The third-order valence-electron chi connectivity index (χ3n) is 5.53. The summed E-state index contributed by atoms with van der Waals surface area (Å²) in [5.41, 5.74) is 1.89. The molecule has 2 aromatic rings. The lowest BCUT2D eigenvalue weighted by Crippen LogP contribution is -2.23. The van der Waals surface area contributed by atoms with Crippen molar-refractivity contribution in [3.8, 4) is 0 Å².